The Morgan fingerprint density at radius 3 is 2.25 bits per heavy atom. The smallest absolute Gasteiger partial charge is 0.322 e. The van der Waals surface area contributed by atoms with Gasteiger partial charge in [0.05, 0.1) is 6.54 Å². The first kappa shape index (κ1) is 14.9. The van der Waals surface area contributed by atoms with E-state index in [4.69, 9.17) is 5.11 Å². The van der Waals surface area contributed by atoms with Crippen LogP contribution >= 0.6 is 0 Å². The monoisotopic (exact) mass is 230 g/mol. The number of carboxylic acid groups (broad SMARTS) is 1. The molecule has 1 unspecified atom stereocenters. The molecule has 0 saturated carbocycles. The molecule has 16 heavy (non-hydrogen) atoms. The number of carbonyl (C=O) groups is 2. The van der Waals surface area contributed by atoms with Gasteiger partial charge in [0.1, 0.15) is 6.54 Å². The van der Waals surface area contributed by atoms with E-state index in [-0.39, 0.29) is 19.0 Å². The number of hydrogen-bond acceptors (Lipinski definition) is 3. The third-order valence-electron chi connectivity index (χ3n) is 2.73. The number of carboxylic acids is 1. The Morgan fingerprint density at radius 1 is 1.31 bits per heavy atom. The maximum absolute atomic E-state index is 11.4. The quantitative estimate of drug-likeness (QED) is 0.670. The van der Waals surface area contributed by atoms with Crippen molar-refractivity contribution in [3.05, 3.63) is 0 Å². The first-order valence-corrected chi connectivity index (χ1v) is 5.61. The molecule has 0 rings (SSSR count). The molecule has 0 aliphatic heterocycles. The fourth-order valence-electron chi connectivity index (χ4n) is 1.38. The molecule has 0 aliphatic carbocycles. The molecule has 0 saturated heterocycles. The molecule has 0 spiro atoms. The minimum atomic E-state index is -1.02. The molecular weight excluding hydrogens is 208 g/mol. The van der Waals surface area contributed by atoms with Gasteiger partial charge in [-0.25, -0.2) is 0 Å². The van der Waals surface area contributed by atoms with Gasteiger partial charge in [0.25, 0.3) is 0 Å². The number of nitrogens with one attached hydrogen (secondary N) is 1. The molecule has 5 nitrogen and oxygen atoms in total. The lowest BCUT2D eigenvalue weighted by atomic mass is 10.0. The third kappa shape index (κ3) is 5.70. The van der Waals surface area contributed by atoms with Crippen LogP contribution in [0.1, 0.15) is 27.7 Å². The van der Waals surface area contributed by atoms with E-state index in [1.165, 1.54) is 0 Å². The van der Waals surface area contributed by atoms with Gasteiger partial charge in [0, 0.05) is 6.04 Å². The van der Waals surface area contributed by atoms with Crippen LogP contribution in [0.3, 0.4) is 0 Å². The highest BCUT2D eigenvalue weighted by atomic mass is 16.4. The Labute approximate surface area is 96.8 Å². The van der Waals surface area contributed by atoms with E-state index in [0.29, 0.717) is 12.0 Å². The Balaban J connectivity index is 4.11. The van der Waals surface area contributed by atoms with E-state index in [9.17, 15) is 9.59 Å². The van der Waals surface area contributed by atoms with Crippen LogP contribution in [0.2, 0.25) is 0 Å². The molecule has 1 atom stereocenters. The molecule has 0 bridgehead atoms. The maximum Gasteiger partial charge on any atom is 0.322 e. The summed E-state index contributed by atoms with van der Waals surface area (Å²) in [6.07, 6.45) is 0. The lowest BCUT2D eigenvalue weighted by molar-refractivity contribution is -0.138. The molecule has 0 aromatic heterocycles. The van der Waals surface area contributed by atoms with Crippen molar-refractivity contribution >= 4 is 11.9 Å². The van der Waals surface area contributed by atoms with Crippen molar-refractivity contribution in [1.82, 2.24) is 10.2 Å². The number of carbonyl (C=O) groups excluding carboxylic acids is 1. The van der Waals surface area contributed by atoms with E-state index < -0.39 is 5.97 Å². The Kier molecular flexibility index (Phi) is 6.72. The lowest BCUT2D eigenvalue weighted by Gasteiger charge is -2.29. The van der Waals surface area contributed by atoms with Crippen molar-refractivity contribution in [2.75, 3.05) is 19.6 Å². The first-order valence-electron chi connectivity index (χ1n) is 5.61. The zero-order valence-corrected chi connectivity index (χ0v) is 10.5. The minimum absolute atomic E-state index is 0.239. The molecular formula is C11H22N2O3. The predicted octanol–water partition coefficient (Wildman–Crippen LogP) is 0.554. The summed E-state index contributed by atoms with van der Waals surface area (Å²) in [5, 5.41) is 10.8. The van der Waals surface area contributed by atoms with Crippen LogP contribution in [0, 0.1) is 5.92 Å². The van der Waals surface area contributed by atoms with Crippen molar-refractivity contribution in [3.8, 4) is 0 Å². The lowest BCUT2D eigenvalue weighted by Crippen LogP contribution is -2.44. The largest absolute Gasteiger partial charge is 0.480 e. The summed E-state index contributed by atoms with van der Waals surface area (Å²) in [4.78, 5) is 23.7. The molecule has 0 fully saturated rings. The van der Waals surface area contributed by atoms with E-state index >= 15 is 0 Å². The van der Waals surface area contributed by atoms with Gasteiger partial charge in [-0.1, -0.05) is 20.8 Å². The number of likely N-dealkylation sites (N-methyl/N-ethyl adjacent to an activating group) is 1. The minimum Gasteiger partial charge on any atom is -0.480 e. The van der Waals surface area contributed by atoms with Crippen LogP contribution in [0.5, 0.6) is 0 Å². The average molecular weight is 230 g/mol. The van der Waals surface area contributed by atoms with Gasteiger partial charge in [-0.15, -0.1) is 0 Å². The van der Waals surface area contributed by atoms with Crippen molar-refractivity contribution in [2.45, 2.75) is 33.7 Å². The molecule has 94 valence electrons. The normalized spacial score (nSPS) is 12.9. The summed E-state index contributed by atoms with van der Waals surface area (Å²) in [5.74, 6) is -0.794. The van der Waals surface area contributed by atoms with Gasteiger partial charge in [-0.05, 0) is 19.4 Å². The topological polar surface area (TPSA) is 69.6 Å². The van der Waals surface area contributed by atoms with Crippen molar-refractivity contribution in [3.63, 3.8) is 0 Å². The average Bonchev–Trinajstić information content (AvgIpc) is 2.21. The van der Waals surface area contributed by atoms with E-state index in [0.717, 1.165) is 6.54 Å². The molecule has 0 radical (unpaired) electrons. The van der Waals surface area contributed by atoms with Crippen molar-refractivity contribution in [1.29, 1.82) is 0 Å². The summed E-state index contributed by atoms with van der Waals surface area (Å²) in [6.45, 7) is 8.97. The first-order chi connectivity index (χ1) is 7.38. The van der Waals surface area contributed by atoms with Gasteiger partial charge < -0.3 is 10.4 Å². The van der Waals surface area contributed by atoms with Crippen molar-refractivity contribution in [2.24, 2.45) is 5.92 Å². The highest BCUT2D eigenvalue weighted by molar-refractivity contribution is 5.82. The Hall–Kier alpha value is -1.10. The van der Waals surface area contributed by atoms with Crippen LogP contribution in [0.4, 0.5) is 0 Å². The summed E-state index contributed by atoms with van der Waals surface area (Å²) in [6, 6.07) is 0.306. The maximum atomic E-state index is 11.4. The fourth-order valence-corrected chi connectivity index (χ4v) is 1.38. The standard InChI is InChI=1S/C11H22N2O3/c1-5-13(9(4)8(2)3)7-10(14)12-6-11(15)16/h8-9H,5-7H2,1-4H3,(H,12,14)(H,15,16). The summed E-state index contributed by atoms with van der Waals surface area (Å²) >= 11 is 0. The highest BCUT2D eigenvalue weighted by Crippen LogP contribution is 2.08. The molecule has 0 aromatic carbocycles. The van der Waals surface area contributed by atoms with E-state index in [1.807, 2.05) is 11.8 Å². The summed E-state index contributed by atoms with van der Waals surface area (Å²) in [5.41, 5.74) is 0. The number of aliphatic carboxylic acids is 1. The van der Waals surface area contributed by atoms with Crippen LogP contribution in [0.25, 0.3) is 0 Å². The van der Waals surface area contributed by atoms with Crippen LogP contribution in [-0.2, 0) is 9.59 Å². The van der Waals surface area contributed by atoms with Gasteiger partial charge in [0.2, 0.25) is 5.91 Å². The van der Waals surface area contributed by atoms with Gasteiger partial charge in [-0.2, -0.15) is 0 Å². The number of amides is 1. The van der Waals surface area contributed by atoms with Crippen molar-refractivity contribution < 1.29 is 14.7 Å². The van der Waals surface area contributed by atoms with Gasteiger partial charge in [-0.3, -0.25) is 14.5 Å². The van der Waals surface area contributed by atoms with Crippen LogP contribution in [-0.4, -0.2) is 47.6 Å². The van der Waals surface area contributed by atoms with Gasteiger partial charge >= 0.3 is 5.97 Å². The summed E-state index contributed by atoms with van der Waals surface area (Å²) in [7, 11) is 0. The van der Waals surface area contributed by atoms with E-state index in [1.54, 1.807) is 0 Å². The SMILES string of the molecule is CCN(CC(=O)NCC(=O)O)C(C)C(C)C. The molecule has 2 N–H and O–H groups in total. The molecule has 0 heterocycles. The molecule has 0 aromatic rings. The zero-order valence-electron chi connectivity index (χ0n) is 10.5. The highest BCUT2D eigenvalue weighted by Gasteiger charge is 2.18. The number of hydrogen-bond donors (Lipinski definition) is 2. The summed E-state index contributed by atoms with van der Waals surface area (Å²) < 4.78 is 0. The fraction of sp³-hybridized carbons (Fsp3) is 0.818. The second-order valence-corrected chi connectivity index (χ2v) is 4.22. The zero-order chi connectivity index (χ0) is 12.7. The third-order valence-corrected chi connectivity index (χ3v) is 2.73. The van der Waals surface area contributed by atoms with E-state index in [2.05, 4.69) is 26.1 Å². The van der Waals surface area contributed by atoms with Gasteiger partial charge in [0.15, 0.2) is 0 Å². The number of nitrogens with zero attached hydrogens (tertiary/aromatic N) is 1. The second kappa shape index (κ2) is 7.22. The molecule has 0 aliphatic rings. The van der Waals surface area contributed by atoms with Crippen LogP contribution in [0.15, 0.2) is 0 Å². The molecule has 1 amide bonds. The molecule has 5 heteroatoms. The second-order valence-electron chi connectivity index (χ2n) is 4.22. The van der Waals surface area contributed by atoms with Crippen LogP contribution < -0.4 is 5.32 Å². The Bertz CT molecular complexity index is 241. The predicted molar refractivity (Wildman–Crippen MR) is 62.2 cm³/mol. The number of rotatable bonds is 7. The Morgan fingerprint density at radius 2 is 1.88 bits per heavy atom.